The SMILES string of the molecule is C=CCN(CC=C)c1c([N+](=O)[O-])c(N)c(C)c(CC)c1[N+](=O)[O-]. The molecule has 0 heterocycles. The van der Waals surface area contributed by atoms with Crippen LogP contribution < -0.4 is 10.6 Å². The van der Waals surface area contributed by atoms with Gasteiger partial charge in [0.15, 0.2) is 5.69 Å². The number of nitrogen functional groups attached to an aromatic ring is 1. The molecule has 0 aliphatic carbocycles. The molecule has 0 atom stereocenters. The quantitative estimate of drug-likeness (QED) is 0.340. The van der Waals surface area contributed by atoms with Crippen LogP contribution >= 0.6 is 0 Å². The minimum absolute atomic E-state index is 0.0504. The summed E-state index contributed by atoms with van der Waals surface area (Å²) in [5.41, 5.74) is 5.80. The molecule has 8 heteroatoms. The first-order valence-electron chi connectivity index (χ1n) is 7.02. The maximum absolute atomic E-state index is 11.6. The van der Waals surface area contributed by atoms with E-state index in [1.54, 1.807) is 13.8 Å². The van der Waals surface area contributed by atoms with E-state index in [1.165, 1.54) is 17.1 Å². The van der Waals surface area contributed by atoms with Crippen LogP contribution in [0.15, 0.2) is 25.3 Å². The highest BCUT2D eigenvalue weighted by molar-refractivity contribution is 5.88. The van der Waals surface area contributed by atoms with Gasteiger partial charge in [0.05, 0.1) is 9.85 Å². The zero-order chi connectivity index (χ0) is 17.7. The van der Waals surface area contributed by atoms with E-state index < -0.39 is 15.5 Å². The van der Waals surface area contributed by atoms with E-state index in [4.69, 9.17) is 5.73 Å². The minimum Gasteiger partial charge on any atom is -0.393 e. The highest BCUT2D eigenvalue weighted by Gasteiger charge is 2.36. The van der Waals surface area contributed by atoms with Crippen LogP contribution in [0.3, 0.4) is 0 Å². The van der Waals surface area contributed by atoms with Crippen molar-refractivity contribution < 1.29 is 9.85 Å². The van der Waals surface area contributed by atoms with Crippen LogP contribution in [0.25, 0.3) is 0 Å². The second-order valence-electron chi connectivity index (χ2n) is 4.91. The molecular formula is C15H20N4O4. The zero-order valence-electron chi connectivity index (χ0n) is 13.2. The summed E-state index contributed by atoms with van der Waals surface area (Å²) in [7, 11) is 0. The Morgan fingerprint density at radius 1 is 1.13 bits per heavy atom. The van der Waals surface area contributed by atoms with Crippen molar-refractivity contribution in [2.24, 2.45) is 0 Å². The zero-order valence-corrected chi connectivity index (χ0v) is 13.2. The molecule has 124 valence electrons. The van der Waals surface area contributed by atoms with E-state index >= 15 is 0 Å². The summed E-state index contributed by atoms with van der Waals surface area (Å²) in [4.78, 5) is 23.3. The van der Waals surface area contributed by atoms with Crippen molar-refractivity contribution in [2.75, 3.05) is 23.7 Å². The van der Waals surface area contributed by atoms with E-state index in [2.05, 4.69) is 13.2 Å². The van der Waals surface area contributed by atoms with Crippen LogP contribution in [0.4, 0.5) is 22.7 Å². The Bertz CT molecular complexity index is 660. The first kappa shape index (κ1) is 18.1. The predicted octanol–water partition coefficient (Wildman–Crippen LogP) is 3.13. The molecule has 0 fully saturated rings. The summed E-state index contributed by atoms with van der Waals surface area (Å²) in [6, 6.07) is 0. The largest absolute Gasteiger partial charge is 0.393 e. The molecule has 1 aromatic rings. The lowest BCUT2D eigenvalue weighted by atomic mass is 9.98. The molecular weight excluding hydrogens is 300 g/mol. The van der Waals surface area contributed by atoms with E-state index in [-0.39, 0.29) is 30.2 Å². The van der Waals surface area contributed by atoms with Crippen LogP contribution in [0, 0.1) is 27.2 Å². The van der Waals surface area contributed by atoms with Crippen LogP contribution in [-0.4, -0.2) is 22.9 Å². The summed E-state index contributed by atoms with van der Waals surface area (Å²) >= 11 is 0. The van der Waals surface area contributed by atoms with Gasteiger partial charge in [-0.3, -0.25) is 20.2 Å². The van der Waals surface area contributed by atoms with Crippen LogP contribution in [0.2, 0.25) is 0 Å². The second kappa shape index (κ2) is 7.39. The molecule has 0 amide bonds. The third-order valence-electron chi connectivity index (χ3n) is 3.58. The van der Waals surface area contributed by atoms with Crippen molar-refractivity contribution in [1.82, 2.24) is 0 Å². The lowest BCUT2D eigenvalue weighted by Gasteiger charge is -2.23. The molecule has 0 aromatic heterocycles. The van der Waals surface area contributed by atoms with E-state index in [9.17, 15) is 20.2 Å². The summed E-state index contributed by atoms with van der Waals surface area (Å²) in [5.74, 6) is 0. The van der Waals surface area contributed by atoms with Crippen LogP contribution in [0.1, 0.15) is 18.1 Å². The Hall–Kier alpha value is -2.90. The Labute approximate surface area is 134 Å². The van der Waals surface area contributed by atoms with E-state index in [0.717, 1.165) is 0 Å². The van der Waals surface area contributed by atoms with Gasteiger partial charge in [0.2, 0.25) is 0 Å². The molecule has 2 N–H and O–H groups in total. The van der Waals surface area contributed by atoms with Gasteiger partial charge in [0.25, 0.3) is 0 Å². The van der Waals surface area contributed by atoms with Gasteiger partial charge >= 0.3 is 11.4 Å². The van der Waals surface area contributed by atoms with Crippen molar-refractivity contribution in [2.45, 2.75) is 20.3 Å². The number of hydrogen-bond acceptors (Lipinski definition) is 6. The van der Waals surface area contributed by atoms with Gasteiger partial charge < -0.3 is 10.6 Å². The van der Waals surface area contributed by atoms with E-state index in [1.807, 2.05) is 0 Å². The minimum atomic E-state index is -0.677. The maximum atomic E-state index is 11.6. The average Bonchev–Trinajstić information content (AvgIpc) is 2.48. The number of nitro groups is 2. The smallest absolute Gasteiger partial charge is 0.322 e. The molecule has 1 aromatic carbocycles. The molecule has 0 aliphatic heterocycles. The monoisotopic (exact) mass is 320 g/mol. The molecule has 0 unspecified atom stereocenters. The first-order chi connectivity index (χ1) is 10.8. The molecule has 0 saturated carbocycles. The third-order valence-corrected chi connectivity index (χ3v) is 3.58. The lowest BCUT2D eigenvalue weighted by molar-refractivity contribution is -0.392. The molecule has 0 saturated heterocycles. The van der Waals surface area contributed by atoms with Crippen molar-refractivity contribution in [3.05, 3.63) is 56.7 Å². The van der Waals surface area contributed by atoms with Gasteiger partial charge in [-0.1, -0.05) is 19.1 Å². The number of nitro benzene ring substituents is 2. The predicted molar refractivity (Wildman–Crippen MR) is 90.9 cm³/mol. The highest BCUT2D eigenvalue weighted by atomic mass is 16.6. The lowest BCUT2D eigenvalue weighted by Crippen LogP contribution is -2.26. The van der Waals surface area contributed by atoms with Crippen molar-refractivity contribution in [3.8, 4) is 0 Å². The fourth-order valence-electron chi connectivity index (χ4n) is 2.58. The fourth-order valence-corrected chi connectivity index (χ4v) is 2.58. The van der Waals surface area contributed by atoms with Crippen molar-refractivity contribution in [1.29, 1.82) is 0 Å². The summed E-state index contributed by atoms with van der Waals surface area (Å²) in [6.07, 6.45) is 3.37. The second-order valence-corrected chi connectivity index (χ2v) is 4.91. The molecule has 0 bridgehead atoms. The van der Waals surface area contributed by atoms with Gasteiger partial charge in [-0.2, -0.15) is 0 Å². The summed E-state index contributed by atoms with van der Waals surface area (Å²) < 4.78 is 0. The topological polar surface area (TPSA) is 116 Å². The molecule has 0 spiro atoms. The Morgan fingerprint density at radius 3 is 1.96 bits per heavy atom. The van der Waals surface area contributed by atoms with E-state index in [0.29, 0.717) is 17.5 Å². The number of nitrogens with two attached hydrogens (primary N) is 1. The number of benzene rings is 1. The Kier molecular flexibility index (Phi) is 5.83. The van der Waals surface area contributed by atoms with Gasteiger partial charge in [-0.25, -0.2) is 0 Å². The molecule has 8 nitrogen and oxygen atoms in total. The Morgan fingerprint density at radius 2 is 1.61 bits per heavy atom. The molecule has 0 radical (unpaired) electrons. The third kappa shape index (κ3) is 3.31. The molecule has 23 heavy (non-hydrogen) atoms. The molecule has 0 aliphatic rings. The normalized spacial score (nSPS) is 10.2. The number of hydrogen-bond donors (Lipinski definition) is 1. The van der Waals surface area contributed by atoms with Crippen LogP contribution in [0.5, 0.6) is 0 Å². The summed E-state index contributed by atoms with van der Waals surface area (Å²) in [6.45, 7) is 10.9. The molecule has 1 rings (SSSR count). The maximum Gasteiger partial charge on any atom is 0.322 e. The number of rotatable bonds is 8. The summed E-state index contributed by atoms with van der Waals surface area (Å²) in [5, 5.41) is 23.1. The fraction of sp³-hybridized carbons (Fsp3) is 0.333. The first-order valence-corrected chi connectivity index (χ1v) is 7.02. The number of nitrogens with zero attached hydrogens (tertiary/aromatic N) is 3. The van der Waals surface area contributed by atoms with Gasteiger partial charge in [-0.05, 0) is 18.9 Å². The average molecular weight is 320 g/mol. The Balaban J connectivity index is 3.97. The van der Waals surface area contributed by atoms with Crippen molar-refractivity contribution in [3.63, 3.8) is 0 Å². The van der Waals surface area contributed by atoms with Crippen LogP contribution in [-0.2, 0) is 6.42 Å². The van der Waals surface area contributed by atoms with Crippen molar-refractivity contribution >= 4 is 22.7 Å². The van der Waals surface area contributed by atoms with Gasteiger partial charge in [0.1, 0.15) is 5.69 Å². The highest BCUT2D eigenvalue weighted by Crippen LogP contribution is 2.46. The van der Waals surface area contributed by atoms with Gasteiger partial charge in [0, 0.05) is 18.7 Å². The van der Waals surface area contributed by atoms with Gasteiger partial charge in [-0.15, -0.1) is 13.2 Å². The standard InChI is InChI=1S/C15H20N4O4/c1-5-8-17(9-6-2)15-13(18(20)21)11(7-3)10(4)12(16)14(15)19(22)23/h5-6H,1-2,7-9,16H2,3-4H3. The number of anilines is 2.